The van der Waals surface area contributed by atoms with Crippen molar-refractivity contribution in [3.63, 3.8) is 0 Å². The number of aliphatic hydroxyl groups excluding tert-OH is 1. The molecular formula is C14H15ClO6. The van der Waals surface area contributed by atoms with Crippen LogP contribution < -0.4 is 4.74 Å². The molecule has 0 spiro atoms. The summed E-state index contributed by atoms with van der Waals surface area (Å²) in [5, 5.41) is 9.81. The first kappa shape index (κ1) is 17.0. The molecule has 2 bridgehead atoms. The third kappa shape index (κ3) is 5.85. The maximum Gasteiger partial charge on any atom is 0.330 e. The fourth-order valence-electron chi connectivity index (χ4n) is 1.22. The molecule has 0 saturated heterocycles. The second kappa shape index (κ2) is 8.28. The van der Waals surface area contributed by atoms with E-state index in [0.717, 1.165) is 22.6 Å². The highest BCUT2D eigenvalue weighted by atomic mass is 35.5. The fraction of sp³-hybridized carbons (Fsp3) is 0.286. The second-order valence-corrected chi connectivity index (χ2v) is 4.34. The van der Waals surface area contributed by atoms with E-state index < -0.39 is 18.0 Å². The van der Waals surface area contributed by atoms with Crippen molar-refractivity contribution in [1.29, 1.82) is 0 Å². The van der Waals surface area contributed by atoms with Gasteiger partial charge in [-0.15, -0.1) is 0 Å². The lowest BCUT2D eigenvalue weighted by Gasteiger charge is -2.18. The van der Waals surface area contributed by atoms with E-state index in [4.69, 9.17) is 21.4 Å². The zero-order valence-electron chi connectivity index (χ0n) is 11.4. The lowest BCUT2D eigenvalue weighted by atomic mass is 10.2. The van der Waals surface area contributed by atoms with Crippen molar-refractivity contribution < 1.29 is 28.9 Å². The summed E-state index contributed by atoms with van der Waals surface area (Å²) in [4.78, 5) is 20.8. The number of rotatable bonds is 5. The van der Waals surface area contributed by atoms with E-state index in [1.54, 1.807) is 0 Å². The van der Waals surface area contributed by atoms with Gasteiger partial charge in [-0.05, 0) is 12.1 Å². The smallest absolute Gasteiger partial charge is 0.330 e. The molecule has 6 nitrogen and oxygen atoms in total. The molecule has 0 fully saturated rings. The van der Waals surface area contributed by atoms with Crippen LogP contribution in [0.2, 0.25) is 5.02 Å². The van der Waals surface area contributed by atoms with Gasteiger partial charge in [-0.1, -0.05) is 24.2 Å². The predicted octanol–water partition coefficient (Wildman–Crippen LogP) is 2.09. The molecule has 0 amide bonds. The summed E-state index contributed by atoms with van der Waals surface area (Å²) in [6, 6.07) is 5.60. The highest BCUT2D eigenvalue weighted by molar-refractivity contribution is 6.34. The topological polar surface area (TPSA) is 82.1 Å². The molecule has 1 unspecified atom stereocenters. The molecular weight excluding hydrogens is 300 g/mol. The molecule has 1 atom stereocenters. The summed E-state index contributed by atoms with van der Waals surface area (Å²) < 4.78 is 14.0. The molecule has 0 aromatic heterocycles. The van der Waals surface area contributed by atoms with Crippen LogP contribution in [0.25, 0.3) is 0 Å². The molecule has 1 aromatic rings. The van der Waals surface area contributed by atoms with E-state index >= 15 is 0 Å². The first-order chi connectivity index (χ1) is 9.93. The van der Waals surface area contributed by atoms with Gasteiger partial charge >= 0.3 is 11.9 Å². The molecule has 3 rings (SSSR count). The molecule has 2 heterocycles. The SMILES string of the molecule is C=CC(=O)OCC(O)COC(C)=O.Clc1c2cccc1O2. The molecule has 1 N–H and O–H groups in total. The fourth-order valence-corrected chi connectivity index (χ4v) is 1.42. The van der Waals surface area contributed by atoms with E-state index in [1.165, 1.54) is 6.92 Å². The summed E-state index contributed by atoms with van der Waals surface area (Å²) in [5.41, 5.74) is 0. The van der Waals surface area contributed by atoms with Crippen LogP contribution in [0.15, 0.2) is 30.9 Å². The second-order valence-electron chi connectivity index (χ2n) is 3.96. The summed E-state index contributed by atoms with van der Waals surface area (Å²) >= 11 is 5.65. The van der Waals surface area contributed by atoms with Gasteiger partial charge in [0.05, 0.1) is 0 Å². The number of hydrogen-bond donors (Lipinski definition) is 1. The maximum absolute atomic E-state index is 10.5. The number of carbonyl (C=O) groups is 2. The Balaban J connectivity index is 0.000000230. The van der Waals surface area contributed by atoms with E-state index in [9.17, 15) is 9.59 Å². The van der Waals surface area contributed by atoms with E-state index in [0.29, 0.717) is 0 Å². The Bertz CT molecular complexity index is 508. The Morgan fingerprint density at radius 2 is 1.95 bits per heavy atom. The van der Waals surface area contributed by atoms with Crippen molar-refractivity contribution in [3.8, 4) is 11.5 Å². The number of benzene rings is 1. The van der Waals surface area contributed by atoms with Gasteiger partial charge in [0.1, 0.15) is 35.8 Å². The van der Waals surface area contributed by atoms with Crippen LogP contribution in [-0.4, -0.2) is 36.4 Å². The van der Waals surface area contributed by atoms with E-state index in [1.807, 2.05) is 18.2 Å². The normalized spacial score (nSPS) is 11.8. The summed E-state index contributed by atoms with van der Waals surface area (Å²) in [5.74, 6) is 0.476. The number of ether oxygens (including phenoxy) is 3. The molecule has 2 aliphatic heterocycles. The van der Waals surface area contributed by atoms with Crippen LogP contribution in [0.3, 0.4) is 0 Å². The molecule has 2 aliphatic rings. The first-order valence-electron chi connectivity index (χ1n) is 6.01. The standard InChI is InChI=1S/C8H12O5.C6H3ClO/c1-3-8(11)13-5-7(10)4-12-6(2)9;7-6-4-2-1-3-5(6)8-4/h3,7,10H,1,4-5H2,2H3;1-3H. The quantitative estimate of drug-likeness (QED) is 0.672. The van der Waals surface area contributed by atoms with Crippen LogP contribution in [-0.2, 0) is 19.1 Å². The number of hydrogen-bond acceptors (Lipinski definition) is 6. The third-order valence-corrected chi connectivity index (χ3v) is 2.58. The molecule has 7 heteroatoms. The molecule has 0 radical (unpaired) electrons. The highest BCUT2D eigenvalue weighted by Crippen LogP contribution is 2.45. The van der Waals surface area contributed by atoms with Gasteiger partial charge in [0.25, 0.3) is 0 Å². The van der Waals surface area contributed by atoms with E-state index in [2.05, 4.69) is 16.1 Å². The molecule has 0 saturated carbocycles. The van der Waals surface area contributed by atoms with Crippen LogP contribution in [0.1, 0.15) is 6.92 Å². The summed E-state index contributed by atoms with van der Waals surface area (Å²) in [6.07, 6.45) is -0.00810. The van der Waals surface area contributed by atoms with Gasteiger partial charge in [-0.25, -0.2) is 4.79 Å². The molecule has 1 aromatic carbocycles. The first-order valence-corrected chi connectivity index (χ1v) is 6.38. The number of aliphatic hydroxyl groups is 1. The van der Waals surface area contributed by atoms with Crippen LogP contribution in [0, 0.1) is 0 Å². The number of halogens is 1. The maximum atomic E-state index is 10.5. The lowest BCUT2D eigenvalue weighted by molar-refractivity contribution is -0.148. The van der Waals surface area contributed by atoms with Gasteiger partial charge in [-0.3, -0.25) is 4.79 Å². The molecule has 21 heavy (non-hydrogen) atoms. The van der Waals surface area contributed by atoms with Crippen molar-refractivity contribution in [2.45, 2.75) is 13.0 Å². The zero-order valence-corrected chi connectivity index (χ0v) is 12.1. The largest absolute Gasteiger partial charge is 0.463 e. The minimum absolute atomic E-state index is 0.181. The summed E-state index contributed by atoms with van der Waals surface area (Å²) in [7, 11) is 0. The lowest BCUT2D eigenvalue weighted by Crippen LogP contribution is -2.24. The average molecular weight is 315 g/mol. The van der Waals surface area contributed by atoms with Gasteiger partial charge in [0, 0.05) is 13.0 Å². The highest BCUT2D eigenvalue weighted by Gasteiger charge is 2.17. The average Bonchev–Trinajstić information content (AvgIpc) is 2.51. The molecule has 114 valence electrons. The van der Waals surface area contributed by atoms with Gasteiger partial charge in [0.15, 0.2) is 0 Å². The Morgan fingerprint density at radius 1 is 1.38 bits per heavy atom. The van der Waals surface area contributed by atoms with Crippen molar-refractivity contribution >= 4 is 23.5 Å². The van der Waals surface area contributed by atoms with Crippen LogP contribution in [0.5, 0.6) is 11.5 Å². The van der Waals surface area contributed by atoms with Crippen LogP contribution in [0.4, 0.5) is 0 Å². The minimum atomic E-state index is -0.993. The predicted molar refractivity (Wildman–Crippen MR) is 75.3 cm³/mol. The van der Waals surface area contributed by atoms with Crippen molar-refractivity contribution in [3.05, 3.63) is 35.9 Å². The third-order valence-electron chi connectivity index (χ3n) is 2.21. The van der Waals surface area contributed by atoms with Crippen molar-refractivity contribution in [1.82, 2.24) is 0 Å². The van der Waals surface area contributed by atoms with E-state index in [-0.39, 0.29) is 13.2 Å². The van der Waals surface area contributed by atoms with Gasteiger partial charge < -0.3 is 19.3 Å². The van der Waals surface area contributed by atoms with Crippen LogP contribution >= 0.6 is 11.6 Å². The number of carbonyl (C=O) groups excluding carboxylic acids is 2. The number of esters is 2. The number of fused-ring (bicyclic) bond motifs is 2. The van der Waals surface area contributed by atoms with Gasteiger partial charge in [-0.2, -0.15) is 0 Å². The monoisotopic (exact) mass is 314 g/mol. The Kier molecular flexibility index (Phi) is 6.71. The Morgan fingerprint density at radius 3 is 2.33 bits per heavy atom. The van der Waals surface area contributed by atoms with Gasteiger partial charge in [0.2, 0.25) is 0 Å². The van der Waals surface area contributed by atoms with Crippen molar-refractivity contribution in [2.24, 2.45) is 0 Å². The minimum Gasteiger partial charge on any atom is -0.463 e. The molecule has 0 aliphatic carbocycles. The Hall–Kier alpha value is -2.05. The Labute approximate surface area is 126 Å². The van der Waals surface area contributed by atoms with Crippen molar-refractivity contribution in [2.75, 3.05) is 13.2 Å². The zero-order chi connectivity index (χ0) is 15.8. The summed E-state index contributed by atoms with van der Waals surface area (Å²) in [6.45, 7) is 4.00.